The van der Waals surface area contributed by atoms with Crippen LogP contribution in [0, 0.1) is 21.4 Å². The summed E-state index contributed by atoms with van der Waals surface area (Å²) in [4.78, 5) is 12.1. The Hall–Kier alpha value is -2.98. The number of halogens is 1. The average molecular weight is 330 g/mol. The van der Waals surface area contributed by atoms with Crippen LogP contribution in [0.2, 0.25) is 5.02 Å². The SMILES string of the molecule is CN(C)c1ccc(N=Nc2c(Cl)cc([N+](=O)[O-])cc2C#N)cc1. The van der Waals surface area contributed by atoms with Crippen LogP contribution in [0.1, 0.15) is 5.56 Å². The summed E-state index contributed by atoms with van der Waals surface area (Å²) >= 11 is 5.97. The molecule has 8 heteroatoms. The Bertz CT molecular complexity index is 810. The summed E-state index contributed by atoms with van der Waals surface area (Å²) in [5.41, 5.74) is 1.43. The van der Waals surface area contributed by atoms with Crippen LogP contribution >= 0.6 is 11.6 Å². The van der Waals surface area contributed by atoms with E-state index in [0.29, 0.717) is 5.69 Å². The Labute approximate surface area is 137 Å². The van der Waals surface area contributed by atoms with Crippen LogP contribution in [-0.4, -0.2) is 19.0 Å². The summed E-state index contributed by atoms with van der Waals surface area (Å²) in [6.07, 6.45) is 0. The quantitative estimate of drug-likeness (QED) is 0.465. The number of hydrogen-bond acceptors (Lipinski definition) is 6. The molecule has 0 aromatic heterocycles. The molecule has 2 aromatic carbocycles. The molecule has 23 heavy (non-hydrogen) atoms. The monoisotopic (exact) mass is 329 g/mol. The Balaban J connectivity index is 2.36. The second-order valence-corrected chi connectivity index (χ2v) is 5.21. The number of hydrogen-bond donors (Lipinski definition) is 0. The zero-order valence-corrected chi connectivity index (χ0v) is 13.2. The van der Waals surface area contributed by atoms with E-state index in [4.69, 9.17) is 16.9 Å². The molecule has 0 spiro atoms. The number of rotatable bonds is 4. The third-order valence-electron chi connectivity index (χ3n) is 3.01. The smallest absolute Gasteiger partial charge is 0.272 e. The normalized spacial score (nSPS) is 10.5. The van der Waals surface area contributed by atoms with Crippen molar-refractivity contribution in [3.63, 3.8) is 0 Å². The largest absolute Gasteiger partial charge is 0.378 e. The minimum absolute atomic E-state index is 0.00198. The Morgan fingerprint density at radius 1 is 1.22 bits per heavy atom. The van der Waals surface area contributed by atoms with Crippen molar-refractivity contribution in [1.29, 1.82) is 5.26 Å². The predicted molar refractivity (Wildman–Crippen MR) is 87.8 cm³/mol. The molecule has 0 saturated heterocycles. The maximum atomic E-state index is 10.8. The summed E-state index contributed by atoms with van der Waals surface area (Å²) in [5.74, 6) is 0. The lowest BCUT2D eigenvalue weighted by molar-refractivity contribution is -0.384. The fourth-order valence-electron chi connectivity index (χ4n) is 1.80. The molecule has 0 atom stereocenters. The molecule has 0 saturated carbocycles. The maximum absolute atomic E-state index is 10.8. The van der Waals surface area contributed by atoms with Crippen molar-refractivity contribution in [3.05, 3.63) is 57.1 Å². The van der Waals surface area contributed by atoms with Crippen LogP contribution in [0.3, 0.4) is 0 Å². The Morgan fingerprint density at radius 3 is 2.39 bits per heavy atom. The Morgan fingerprint density at radius 2 is 1.87 bits per heavy atom. The first-order chi connectivity index (χ1) is 10.9. The molecular weight excluding hydrogens is 318 g/mol. The molecule has 0 heterocycles. The number of nitro groups is 1. The second-order valence-electron chi connectivity index (χ2n) is 4.80. The van der Waals surface area contributed by atoms with Crippen LogP contribution in [0.15, 0.2) is 46.6 Å². The number of anilines is 1. The van der Waals surface area contributed by atoms with Crippen molar-refractivity contribution < 1.29 is 4.92 Å². The van der Waals surface area contributed by atoms with Gasteiger partial charge in [0.25, 0.3) is 5.69 Å². The lowest BCUT2D eigenvalue weighted by Gasteiger charge is -2.11. The van der Waals surface area contributed by atoms with E-state index in [2.05, 4.69) is 10.2 Å². The molecule has 0 unspecified atom stereocenters. The first-order valence-corrected chi connectivity index (χ1v) is 6.87. The van der Waals surface area contributed by atoms with Gasteiger partial charge in [0, 0.05) is 31.9 Å². The highest BCUT2D eigenvalue weighted by Gasteiger charge is 2.15. The molecule has 0 bridgehead atoms. The molecular formula is C15H12ClN5O2. The van der Waals surface area contributed by atoms with Crippen LogP contribution in [0.4, 0.5) is 22.7 Å². The van der Waals surface area contributed by atoms with E-state index in [1.165, 1.54) is 0 Å². The fraction of sp³-hybridized carbons (Fsp3) is 0.133. The van der Waals surface area contributed by atoms with Gasteiger partial charge in [-0.2, -0.15) is 10.4 Å². The van der Waals surface area contributed by atoms with Gasteiger partial charge < -0.3 is 4.90 Å². The van der Waals surface area contributed by atoms with Crippen LogP contribution in [0.25, 0.3) is 0 Å². The van der Waals surface area contributed by atoms with Crippen LogP contribution in [-0.2, 0) is 0 Å². The van der Waals surface area contributed by atoms with E-state index < -0.39 is 4.92 Å². The first kappa shape index (κ1) is 16.4. The summed E-state index contributed by atoms with van der Waals surface area (Å²) < 4.78 is 0. The topological polar surface area (TPSA) is 94.9 Å². The van der Waals surface area contributed by atoms with Gasteiger partial charge in [0.2, 0.25) is 0 Å². The van der Waals surface area contributed by atoms with Crippen LogP contribution < -0.4 is 4.90 Å². The number of non-ortho nitro benzene ring substituents is 1. The van der Waals surface area contributed by atoms with Gasteiger partial charge >= 0.3 is 0 Å². The first-order valence-electron chi connectivity index (χ1n) is 6.49. The summed E-state index contributed by atoms with van der Waals surface area (Å²) in [6.45, 7) is 0. The number of nitriles is 1. The predicted octanol–water partition coefficient (Wildman–Crippen LogP) is 4.60. The van der Waals surface area contributed by atoms with Gasteiger partial charge in [-0.1, -0.05) is 11.6 Å². The van der Waals surface area contributed by atoms with E-state index in [0.717, 1.165) is 17.8 Å². The van der Waals surface area contributed by atoms with Crippen molar-refractivity contribution in [2.45, 2.75) is 0 Å². The highest BCUT2D eigenvalue weighted by atomic mass is 35.5. The van der Waals surface area contributed by atoms with Gasteiger partial charge in [-0.15, -0.1) is 5.11 Å². The van der Waals surface area contributed by atoms with Crippen molar-refractivity contribution in [2.75, 3.05) is 19.0 Å². The lowest BCUT2D eigenvalue weighted by Crippen LogP contribution is -2.07. The van der Waals surface area contributed by atoms with Gasteiger partial charge in [-0.3, -0.25) is 10.1 Å². The standard InChI is InChI=1S/C15H12ClN5O2/c1-20(2)12-5-3-11(4-6-12)18-19-15-10(9-17)7-13(21(22)23)8-14(15)16/h3-8H,1-2H3. The van der Waals surface area contributed by atoms with Gasteiger partial charge in [0.15, 0.2) is 0 Å². The van der Waals surface area contributed by atoms with Gasteiger partial charge in [-0.25, -0.2) is 0 Å². The number of nitrogens with zero attached hydrogens (tertiary/aromatic N) is 5. The van der Waals surface area contributed by atoms with Gasteiger partial charge in [0.1, 0.15) is 11.8 Å². The molecule has 0 amide bonds. The number of benzene rings is 2. The van der Waals surface area contributed by atoms with Crippen molar-refractivity contribution >= 4 is 34.4 Å². The third kappa shape index (κ3) is 3.81. The van der Waals surface area contributed by atoms with Crippen LogP contribution in [0.5, 0.6) is 0 Å². The highest BCUT2D eigenvalue weighted by molar-refractivity contribution is 6.33. The zero-order valence-electron chi connectivity index (χ0n) is 12.4. The van der Waals surface area contributed by atoms with Crippen molar-refractivity contribution in [1.82, 2.24) is 0 Å². The molecule has 0 aliphatic carbocycles. The fourth-order valence-corrected chi connectivity index (χ4v) is 2.05. The molecule has 0 fully saturated rings. The molecule has 0 N–H and O–H groups in total. The minimum atomic E-state index is -0.617. The molecule has 7 nitrogen and oxygen atoms in total. The number of azo groups is 1. The third-order valence-corrected chi connectivity index (χ3v) is 3.30. The van der Waals surface area contributed by atoms with E-state index in [9.17, 15) is 10.1 Å². The lowest BCUT2D eigenvalue weighted by atomic mass is 10.2. The van der Waals surface area contributed by atoms with Crippen molar-refractivity contribution in [3.8, 4) is 6.07 Å². The molecule has 2 rings (SSSR count). The molecule has 2 aromatic rings. The van der Waals surface area contributed by atoms with Gasteiger partial charge in [0.05, 0.1) is 21.2 Å². The summed E-state index contributed by atoms with van der Waals surface area (Å²) in [6, 6.07) is 11.4. The number of nitro benzene ring substituents is 1. The average Bonchev–Trinajstić information content (AvgIpc) is 2.53. The Kier molecular flexibility index (Phi) is 4.88. The molecule has 0 aliphatic heterocycles. The van der Waals surface area contributed by atoms with Crippen molar-refractivity contribution in [2.24, 2.45) is 10.2 Å². The van der Waals surface area contributed by atoms with E-state index in [-0.39, 0.29) is 22.0 Å². The zero-order chi connectivity index (χ0) is 17.0. The minimum Gasteiger partial charge on any atom is -0.378 e. The molecule has 0 radical (unpaired) electrons. The summed E-state index contributed by atoms with van der Waals surface area (Å²) in [5, 5.41) is 27.9. The van der Waals surface area contributed by atoms with E-state index in [1.807, 2.05) is 37.2 Å². The van der Waals surface area contributed by atoms with E-state index in [1.54, 1.807) is 12.1 Å². The van der Waals surface area contributed by atoms with E-state index >= 15 is 0 Å². The summed E-state index contributed by atoms with van der Waals surface area (Å²) in [7, 11) is 3.85. The maximum Gasteiger partial charge on any atom is 0.272 e. The molecule has 116 valence electrons. The second kappa shape index (κ2) is 6.85. The van der Waals surface area contributed by atoms with Gasteiger partial charge in [-0.05, 0) is 24.3 Å². The highest BCUT2D eigenvalue weighted by Crippen LogP contribution is 2.34. The molecule has 0 aliphatic rings.